The quantitative estimate of drug-likeness (QED) is 0.197. The molecule has 2 aromatic carbocycles. The average Bonchev–Trinajstić information content (AvgIpc) is 3.69. The Kier molecular flexibility index (Phi) is 6.82. The molecule has 1 aliphatic carbocycles. The number of anilines is 1. The van der Waals surface area contributed by atoms with Gasteiger partial charge in [-0.25, -0.2) is 23.4 Å². The van der Waals surface area contributed by atoms with Crippen LogP contribution in [0.4, 0.5) is 14.6 Å². The fraction of sp³-hybridized carbons (Fsp3) is 0.276. The molecule has 4 N–H and O–H groups in total. The first-order valence-corrected chi connectivity index (χ1v) is 13.3. The number of piperidine rings is 1. The number of nitrogen functional groups attached to an aromatic ring is 1. The Morgan fingerprint density at radius 2 is 1.73 bits per heavy atom. The first-order chi connectivity index (χ1) is 19.8. The summed E-state index contributed by atoms with van der Waals surface area (Å²) >= 11 is 0. The lowest BCUT2D eigenvalue weighted by molar-refractivity contribution is -0.131. The number of aromatic nitrogens is 4. The number of hydrogen-bond acceptors (Lipinski definition) is 7. The summed E-state index contributed by atoms with van der Waals surface area (Å²) < 4.78 is 34.5. The highest BCUT2D eigenvalue weighted by molar-refractivity contribution is 6.17. The Morgan fingerprint density at radius 3 is 2.41 bits per heavy atom. The topological polar surface area (TPSA) is 142 Å². The molecule has 1 aliphatic heterocycles. The van der Waals surface area contributed by atoms with Gasteiger partial charge in [0.2, 0.25) is 0 Å². The van der Waals surface area contributed by atoms with Crippen LogP contribution in [0.5, 0.6) is 11.5 Å². The van der Waals surface area contributed by atoms with Gasteiger partial charge in [0.1, 0.15) is 46.5 Å². The van der Waals surface area contributed by atoms with Gasteiger partial charge in [-0.1, -0.05) is 6.08 Å². The Labute approximate surface area is 233 Å². The summed E-state index contributed by atoms with van der Waals surface area (Å²) in [6.07, 6.45) is 6.40. The number of rotatable bonds is 7. The molecule has 1 saturated heterocycles. The lowest BCUT2D eigenvalue weighted by Gasteiger charge is -2.33. The van der Waals surface area contributed by atoms with Crippen molar-refractivity contribution >= 4 is 28.7 Å². The number of nitrogens with zero attached hydrogens (tertiary/aromatic N) is 5. The van der Waals surface area contributed by atoms with E-state index in [1.165, 1.54) is 6.33 Å². The standard InChI is InChI=1S/C29H27F2N7O3/c30-18-11-19(31)13-22(12-18)41-21-7-5-17(6-8-21)25-24-26(32)34-15-35-28(24)38(36-25)20-2-1-9-37(14-20)29(40)23(27(33)39)10-16-3-4-16/h5-8,10-13,15-16,20H,1-4,9,14H2,(H2,33,39)(H2,32,34,35)/b23-10+/t20-/m0/s1. The summed E-state index contributed by atoms with van der Waals surface area (Å²) in [5.74, 6) is -1.68. The van der Waals surface area contributed by atoms with Crippen molar-refractivity contribution in [3.8, 4) is 22.8 Å². The second-order valence-electron chi connectivity index (χ2n) is 10.3. The van der Waals surface area contributed by atoms with Crippen LogP contribution in [-0.2, 0) is 9.59 Å². The summed E-state index contributed by atoms with van der Waals surface area (Å²) in [5.41, 5.74) is 13.6. The van der Waals surface area contributed by atoms with E-state index in [0.29, 0.717) is 47.6 Å². The van der Waals surface area contributed by atoms with Crippen molar-refractivity contribution in [1.82, 2.24) is 24.6 Å². The minimum absolute atomic E-state index is 0.0329. The van der Waals surface area contributed by atoms with Crippen LogP contribution in [0, 0.1) is 17.6 Å². The second kappa shape index (κ2) is 10.6. The Morgan fingerprint density at radius 1 is 1.00 bits per heavy atom. The van der Waals surface area contributed by atoms with Crippen LogP contribution in [0.3, 0.4) is 0 Å². The van der Waals surface area contributed by atoms with Crippen LogP contribution in [-0.4, -0.2) is 49.6 Å². The molecule has 10 nitrogen and oxygen atoms in total. The smallest absolute Gasteiger partial charge is 0.259 e. The first kappa shape index (κ1) is 26.4. The van der Waals surface area contributed by atoms with Crippen LogP contribution in [0.1, 0.15) is 31.7 Å². The van der Waals surface area contributed by atoms with Crippen LogP contribution in [0.25, 0.3) is 22.3 Å². The predicted octanol–water partition coefficient (Wildman–Crippen LogP) is 4.13. The van der Waals surface area contributed by atoms with E-state index in [-0.39, 0.29) is 35.0 Å². The number of ether oxygens (including phenoxy) is 1. The van der Waals surface area contributed by atoms with Crippen LogP contribution >= 0.6 is 0 Å². The number of halogens is 2. The Hall–Kier alpha value is -4.87. The molecule has 1 saturated carbocycles. The van der Waals surface area contributed by atoms with Gasteiger partial charge < -0.3 is 21.1 Å². The molecule has 0 spiro atoms. The molecule has 0 radical (unpaired) electrons. The second-order valence-corrected chi connectivity index (χ2v) is 10.3. The summed E-state index contributed by atoms with van der Waals surface area (Å²) in [4.78, 5) is 35.6. The summed E-state index contributed by atoms with van der Waals surface area (Å²) in [5, 5.41) is 5.42. The number of likely N-dealkylation sites (tertiary alicyclic amines) is 1. The number of primary amides is 1. The lowest BCUT2D eigenvalue weighted by Crippen LogP contribution is -2.43. The molecule has 6 rings (SSSR count). The van der Waals surface area contributed by atoms with E-state index in [2.05, 4.69) is 9.97 Å². The fourth-order valence-electron chi connectivity index (χ4n) is 5.12. The van der Waals surface area contributed by atoms with Crippen LogP contribution in [0.2, 0.25) is 0 Å². The molecular weight excluding hydrogens is 532 g/mol. The zero-order valence-corrected chi connectivity index (χ0v) is 22.0. The van der Waals surface area contributed by atoms with E-state index in [1.807, 2.05) is 0 Å². The molecule has 3 heterocycles. The van der Waals surface area contributed by atoms with Crippen molar-refractivity contribution in [3.05, 3.63) is 72.1 Å². The Balaban J connectivity index is 1.29. The van der Waals surface area contributed by atoms with Crippen molar-refractivity contribution in [1.29, 1.82) is 0 Å². The maximum Gasteiger partial charge on any atom is 0.259 e. The average molecular weight is 560 g/mol. The number of benzene rings is 2. The van der Waals surface area contributed by atoms with Gasteiger partial charge in [0, 0.05) is 36.9 Å². The van der Waals surface area contributed by atoms with Gasteiger partial charge in [0.15, 0.2) is 5.65 Å². The molecule has 12 heteroatoms. The normalized spacial score (nSPS) is 17.6. The molecule has 0 bridgehead atoms. The van der Waals surface area contributed by atoms with Crippen molar-refractivity contribution in [2.75, 3.05) is 18.8 Å². The summed E-state index contributed by atoms with van der Waals surface area (Å²) in [7, 11) is 0. The highest BCUT2D eigenvalue weighted by Gasteiger charge is 2.32. The Bertz CT molecular complexity index is 1660. The zero-order valence-electron chi connectivity index (χ0n) is 22.0. The number of amides is 2. The maximum atomic E-state index is 13.6. The number of allylic oxidation sites excluding steroid dienone is 1. The highest BCUT2D eigenvalue weighted by atomic mass is 19.1. The number of nitrogens with two attached hydrogens (primary N) is 2. The fourth-order valence-corrected chi connectivity index (χ4v) is 5.12. The molecule has 41 heavy (non-hydrogen) atoms. The van der Waals surface area contributed by atoms with Crippen LogP contribution < -0.4 is 16.2 Å². The third-order valence-corrected chi connectivity index (χ3v) is 7.27. The van der Waals surface area contributed by atoms with Crippen molar-refractivity contribution in [3.63, 3.8) is 0 Å². The van der Waals surface area contributed by atoms with E-state index >= 15 is 0 Å². The minimum atomic E-state index is -0.739. The van der Waals surface area contributed by atoms with Gasteiger partial charge in [-0.3, -0.25) is 9.59 Å². The van der Waals surface area contributed by atoms with Crippen molar-refractivity contribution < 1.29 is 23.1 Å². The van der Waals surface area contributed by atoms with Gasteiger partial charge in [-0.2, -0.15) is 5.10 Å². The zero-order chi connectivity index (χ0) is 28.7. The largest absolute Gasteiger partial charge is 0.457 e. The van der Waals surface area contributed by atoms with E-state index in [4.69, 9.17) is 21.3 Å². The number of hydrogen-bond donors (Lipinski definition) is 2. The summed E-state index contributed by atoms with van der Waals surface area (Å²) in [6, 6.07) is 9.55. The van der Waals surface area contributed by atoms with E-state index in [0.717, 1.165) is 37.5 Å². The summed E-state index contributed by atoms with van der Waals surface area (Å²) in [6.45, 7) is 0.829. The molecule has 2 amide bonds. The SMILES string of the molecule is NC(=O)/C(=C\C1CC1)C(=O)N1CCC[C@H](n2nc(-c3ccc(Oc4cc(F)cc(F)c4)cc3)c3c(N)ncnc32)C1. The lowest BCUT2D eigenvalue weighted by atomic mass is 10.0. The van der Waals surface area contributed by atoms with Crippen LogP contribution in [0.15, 0.2) is 60.4 Å². The van der Waals surface area contributed by atoms with Gasteiger partial charge in [-0.15, -0.1) is 0 Å². The van der Waals surface area contributed by atoms with Gasteiger partial charge in [0.25, 0.3) is 11.8 Å². The van der Waals surface area contributed by atoms with Gasteiger partial charge in [0.05, 0.1) is 11.4 Å². The van der Waals surface area contributed by atoms with Crippen molar-refractivity contribution in [2.24, 2.45) is 11.7 Å². The van der Waals surface area contributed by atoms with E-state index in [1.54, 1.807) is 39.9 Å². The predicted molar refractivity (Wildman–Crippen MR) is 146 cm³/mol. The maximum absolute atomic E-state index is 13.6. The molecule has 2 aromatic heterocycles. The number of fused-ring (bicyclic) bond motifs is 1. The molecule has 210 valence electrons. The van der Waals surface area contributed by atoms with Crippen molar-refractivity contribution in [2.45, 2.75) is 31.7 Å². The minimum Gasteiger partial charge on any atom is -0.457 e. The molecule has 2 fully saturated rings. The molecule has 2 aliphatic rings. The molecule has 0 unspecified atom stereocenters. The third-order valence-electron chi connectivity index (χ3n) is 7.27. The monoisotopic (exact) mass is 559 g/mol. The molecule has 4 aromatic rings. The number of carbonyl (C=O) groups is 2. The third kappa shape index (κ3) is 5.45. The first-order valence-electron chi connectivity index (χ1n) is 13.3. The van der Waals surface area contributed by atoms with E-state index in [9.17, 15) is 18.4 Å². The van der Waals surface area contributed by atoms with E-state index < -0.39 is 17.5 Å². The molecular formula is C29H27F2N7O3. The molecule has 1 atom stereocenters. The van der Waals surface area contributed by atoms with Gasteiger partial charge in [-0.05, 0) is 55.9 Å². The van der Waals surface area contributed by atoms with Gasteiger partial charge >= 0.3 is 0 Å². The number of carbonyl (C=O) groups excluding carboxylic acids is 2. The highest BCUT2D eigenvalue weighted by Crippen LogP contribution is 2.36.